The van der Waals surface area contributed by atoms with Crippen LogP contribution < -0.4 is 5.32 Å². The van der Waals surface area contributed by atoms with E-state index in [0.29, 0.717) is 0 Å². The van der Waals surface area contributed by atoms with Crippen LogP contribution in [0.2, 0.25) is 5.02 Å². The van der Waals surface area contributed by atoms with E-state index in [2.05, 4.69) is 12.2 Å². The van der Waals surface area contributed by atoms with Crippen LogP contribution in [0.5, 0.6) is 0 Å². The minimum absolute atomic E-state index is 0.0742. The Bertz CT molecular complexity index is 440. The molecule has 1 unspecified atom stereocenters. The molecule has 0 radical (unpaired) electrons. The van der Waals surface area contributed by atoms with Crippen molar-refractivity contribution in [3.8, 4) is 0 Å². The number of nitro groups is 1. The molecule has 1 aromatic carbocycles. The number of rotatable bonds is 6. The van der Waals surface area contributed by atoms with Crippen LogP contribution in [0.4, 0.5) is 15.8 Å². The first-order chi connectivity index (χ1) is 8.45. The Morgan fingerprint density at radius 2 is 2.22 bits per heavy atom. The van der Waals surface area contributed by atoms with Crippen molar-refractivity contribution < 1.29 is 9.31 Å². The van der Waals surface area contributed by atoms with E-state index in [9.17, 15) is 14.5 Å². The number of nitro benzene ring substituents is 1. The van der Waals surface area contributed by atoms with Gasteiger partial charge in [0.15, 0.2) is 0 Å². The lowest BCUT2D eigenvalue weighted by Gasteiger charge is -2.15. The Hall–Kier alpha value is -1.36. The number of nitrogens with one attached hydrogen (secondary N) is 1. The Kier molecular flexibility index (Phi) is 5.34. The molecular formula is C12H16ClFN2O2. The van der Waals surface area contributed by atoms with Gasteiger partial charge in [-0.3, -0.25) is 10.1 Å². The van der Waals surface area contributed by atoms with Crippen LogP contribution in [-0.2, 0) is 0 Å². The van der Waals surface area contributed by atoms with Crippen molar-refractivity contribution in [2.75, 3.05) is 5.32 Å². The van der Waals surface area contributed by atoms with Crippen molar-refractivity contribution >= 4 is 23.0 Å². The number of halogens is 2. The maximum Gasteiger partial charge on any atom is 0.295 e. The summed E-state index contributed by atoms with van der Waals surface area (Å²) in [6, 6.07) is 2.18. The third-order valence-electron chi connectivity index (χ3n) is 2.63. The van der Waals surface area contributed by atoms with Crippen LogP contribution in [0.15, 0.2) is 12.1 Å². The Balaban J connectivity index is 2.93. The summed E-state index contributed by atoms with van der Waals surface area (Å²) in [5.41, 5.74) is -0.0322. The van der Waals surface area contributed by atoms with Gasteiger partial charge in [0.25, 0.3) is 5.69 Å². The number of hydrogen-bond acceptors (Lipinski definition) is 3. The van der Waals surface area contributed by atoms with Crippen molar-refractivity contribution in [2.45, 2.75) is 39.2 Å². The van der Waals surface area contributed by atoms with Crippen LogP contribution in [0.25, 0.3) is 0 Å². The van der Waals surface area contributed by atoms with Gasteiger partial charge in [-0.05, 0) is 19.4 Å². The highest BCUT2D eigenvalue weighted by molar-refractivity contribution is 6.31. The topological polar surface area (TPSA) is 55.2 Å². The summed E-state index contributed by atoms with van der Waals surface area (Å²) >= 11 is 5.64. The lowest BCUT2D eigenvalue weighted by Crippen LogP contribution is -2.16. The van der Waals surface area contributed by atoms with E-state index in [-0.39, 0.29) is 22.4 Å². The molecule has 4 nitrogen and oxygen atoms in total. The monoisotopic (exact) mass is 274 g/mol. The molecule has 0 saturated carbocycles. The smallest absolute Gasteiger partial charge is 0.295 e. The van der Waals surface area contributed by atoms with Gasteiger partial charge in [-0.1, -0.05) is 31.4 Å². The molecule has 1 rings (SSSR count). The van der Waals surface area contributed by atoms with E-state index >= 15 is 0 Å². The molecule has 0 fully saturated rings. The van der Waals surface area contributed by atoms with E-state index < -0.39 is 10.7 Å². The first-order valence-corrected chi connectivity index (χ1v) is 6.23. The summed E-state index contributed by atoms with van der Waals surface area (Å²) in [6.45, 7) is 4.00. The zero-order valence-electron chi connectivity index (χ0n) is 10.4. The molecule has 6 heteroatoms. The number of benzene rings is 1. The van der Waals surface area contributed by atoms with Crippen molar-refractivity contribution in [3.63, 3.8) is 0 Å². The van der Waals surface area contributed by atoms with Gasteiger partial charge in [-0.25, -0.2) is 4.39 Å². The van der Waals surface area contributed by atoms with Gasteiger partial charge < -0.3 is 5.32 Å². The molecule has 0 bridgehead atoms. The van der Waals surface area contributed by atoms with Crippen molar-refractivity contribution in [1.29, 1.82) is 0 Å². The molecule has 0 amide bonds. The van der Waals surface area contributed by atoms with Crippen LogP contribution in [-0.4, -0.2) is 11.0 Å². The van der Waals surface area contributed by atoms with Crippen LogP contribution in [0.1, 0.15) is 33.1 Å². The summed E-state index contributed by atoms with van der Waals surface area (Å²) in [5.74, 6) is -0.782. The Labute approximate surface area is 110 Å². The first kappa shape index (κ1) is 14.7. The van der Waals surface area contributed by atoms with Gasteiger partial charge in [0.1, 0.15) is 11.5 Å². The van der Waals surface area contributed by atoms with Gasteiger partial charge >= 0.3 is 0 Å². The summed E-state index contributed by atoms with van der Waals surface area (Å²) in [5, 5.41) is 13.7. The predicted octanol–water partition coefficient (Wildman–Crippen LogP) is 4.38. The molecule has 0 saturated heterocycles. The average Bonchev–Trinajstić information content (AvgIpc) is 2.30. The van der Waals surface area contributed by atoms with Gasteiger partial charge in [0.05, 0.1) is 16.0 Å². The molecule has 0 aliphatic carbocycles. The molecule has 1 aromatic rings. The number of unbranched alkanes of at least 4 members (excludes halogenated alkanes) is 1. The standard InChI is InChI=1S/C12H16ClFN2O2/c1-3-4-5-8(2)15-11-6-9(13)10(14)7-12(11)16(17)18/h6-8,15H,3-5H2,1-2H3. The third-order valence-corrected chi connectivity index (χ3v) is 2.92. The zero-order valence-corrected chi connectivity index (χ0v) is 11.1. The van der Waals surface area contributed by atoms with Crippen molar-refractivity contribution in [3.05, 3.63) is 33.1 Å². The fourth-order valence-corrected chi connectivity index (χ4v) is 1.81. The van der Waals surface area contributed by atoms with Crippen LogP contribution in [0, 0.1) is 15.9 Å². The van der Waals surface area contributed by atoms with Gasteiger partial charge in [-0.15, -0.1) is 0 Å². The lowest BCUT2D eigenvalue weighted by molar-refractivity contribution is -0.384. The molecule has 0 heterocycles. The molecule has 1 N–H and O–H groups in total. The van der Waals surface area contributed by atoms with E-state index in [1.54, 1.807) is 0 Å². The molecule has 1 atom stereocenters. The van der Waals surface area contributed by atoms with E-state index in [1.807, 2.05) is 6.92 Å². The third kappa shape index (κ3) is 3.84. The molecule has 18 heavy (non-hydrogen) atoms. The molecule has 0 aliphatic rings. The molecular weight excluding hydrogens is 259 g/mol. The van der Waals surface area contributed by atoms with E-state index in [4.69, 9.17) is 11.6 Å². The van der Waals surface area contributed by atoms with Gasteiger partial charge in [-0.2, -0.15) is 0 Å². The number of nitrogens with zero attached hydrogens (tertiary/aromatic N) is 1. The summed E-state index contributed by atoms with van der Waals surface area (Å²) in [4.78, 5) is 10.2. The SMILES string of the molecule is CCCCC(C)Nc1cc(Cl)c(F)cc1[N+](=O)[O-]. The van der Waals surface area contributed by atoms with E-state index in [0.717, 1.165) is 25.3 Å². The molecule has 0 spiro atoms. The lowest BCUT2D eigenvalue weighted by atomic mass is 10.1. The molecule has 100 valence electrons. The second kappa shape index (κ2) is 6.54. The van der Waals surface area contributed by atoms with Gasteiger partial charge in [0.2, 0.25) is 0 Å². The highest BCUT2D eigenvalue weighted by Gasteiger charge is 2.18. The Morgan fingerprint density at radius 3 is 2.78 bits per heavy atom. The maximum atomic E-state index is 13.2. The van der Waals surface area contributed by atoms with Crippen LogP contribution >= 0.6 is 11.6 Å². The number of anilines is 1. The Morgan fingerprint density at radius 1 is 1.56 bits per heavy atom. The quantitative estimate of drug-likeness (QED) is 0.619. The summed E-state index contributed by atoms with van der Waals surface area (Å²) < 4.78 is 13.2. The number of hydrogen-bond donors (Lipinski definition) is 1. The molecule has 0 aromatic heterocycles. The second-order valence-corrected chi connectivity index (χ2v) is 4.64. The largest absolute Gasteiger partial charge is 0.377 e. The van der Waals surface area contributed by atoms with Crippen molar-refractivity contribution in [2.24, 2.45) is 0 Å². The highest BCUT2D eigenvalue weighted by atomic mass is 35.5. The fraction of sp³-hybridized carbons (Fsp3) is 0.500. The molecule has 0 aliphatic heterocycles. The summed E-state index contributed by atoms with van der Waals surface area (Å²) in [6.07, 6.45) is 2.97. The highest BCUT2D eigenvalue weighted by Crippen LogP contribution is 2.31. The minimum Gasteiger partial charge on any atom is -0.377 e. The van der Waals surface area contributed by atoms with E-state index in [1.165, 1.54) is 6.07 Å². The van der Waals surface area contributed by atoms with Crippen molar-refractivity contribution in [1.82, 2.24) is 0 Å². The minimum atomic E-state index is -0.782. The van der Waals surface area contributed by atoms with Crippen LogP contribution in [0.3, 0.4) is 0 Å². The second-order valence-electron chi connectivity index (χ2n) is 4.23. The predicted molar refractivity (Wildman–Crippen MR) is 70.7 cm³/mol. The fourth-order valence-electron chi connectivity index (χ4n) is 1.65. The van der Waals surface area contributed by atoms with Gasteiger partial charge in [0, 0.05) is 6.04 Å². The summed E-state index contributed by atoms with van der Waals surface area (Å²) in [7, 11) is 0. The normalized spacial score (nSPS) is 12.2. The first-order valence-electron chi connectivity index (χ1n) is 5.85. The zero-order chi connectivity index (χ0) is 13.7. The average molecular weight is 275 g/mol. The maximum absolute atomic E-state index is 13.2.